The summed E-state index contributed by atoms with van der Waals surface area (Å²) in [6.07, 6.45) is 3.51. The average molecular weight is 337 g/mol. The summed E-state index contributed by atoms with van der Waals surface area (Å²) in [5.74, 6) is -0.0284. The van der Waals surface area contributed by atoms with Gasteiger partial charge in [0, 0.05) is 36.1 Å². The number of rotatable bonds is 5. The maximum absolute atomic E-state index is 12.9. The van der Waals surface area contributed by atoms with Crippen LogP contribution < -0.4 is 0 Å². The van der Waals surface area contributed by atoms with Gasteiger partial charge in [0.15, 0.2) is 0 Å². The molecule has 1 aromatic heterocycles. The molecule has 4 heteroatoms. The van der Waals surface area contributed by atoms with Gasteiger partial charge in [-0.25, -0.2) is 0 Å². The Kier molecular flexibility index (Phi) is 5.24. The first-order valence-electron chi connectivity index (χ1n) is 7.70. The zero-order chi connectivity index (χ0) is 16.8. The number of carbonyl (C=O) groups is 1. The third-order valence-electron chi connectivity index (χ3n) is 3.69. The van der Waals surface area contributed by atoms with Crippen molar-refractivity contribution < 1.29 is 4.79 Å². The minimum absolute atomic E-state index is 0.0284. The van der Waals surface area contributed by atoms with Gasteiger partial charge in [-0.15, -0.1) is 0 Å². The summed E-state index contributed by atoms with van der Waals surface area (Å²) in [4.78, 5) is 18.9. The monoisotopic (exact) mass is 336 g/mol. The Balaban J connectivity index is 1.85. The van der Waals surface area contributed by atoms with E-state index in [2.05, 4.69) is 4.98 Å². The van der Waals surface area contributed by atoms with Gasteiger partial charge in [-0.3, -0.25) is 9.78 Å². The molecule has 0 aliphatic heterocycles. The molecule has 0 N–H and O–H groups in total. The Morgan fingerprint density at radius 2 is 1.54 bits per heavy atom. The van der Waals surface area contributed by atoms with Gasteiger partial charge in [0.1, 0.15) is 0 Å². The summed E-state index contributed by atoms with van der Waals surface area (Å²) in [5.41, 5.74) is 2.71. The van der Waals surface area contributed by atoms with Crippen LogP contribution in [0.2, 0.25) is 5.02 Å². The Bertz CT molecular complexity index is 747. The predicted octanol–water partition coefficient (Wildman–Crippen LogP) is 4.58. The largest absolute Gasteiger partial charge is 0.330 e. The maximum Gasteiger partial charge on any atom is 0.254 e. The highest BCUT2D eigenvalue weighted by atomic mass is 35.5. The molecule has 0 bridgehead atoms. The molecule has 3 rings (SSSR count). The molecule has 1 amide bonds. The number of benzene rings is 2. The van der Waals surface area contributed by atoms with E-state index < -0.39 is 0 Å². The number of carbonyl (C=O) groups excluding carboxylic acids is 1. The fraction of sp³-hybridized carbons (Fsp3) is 0.100. The molecule has 0 spiro atoms. The van der Waals surface area contributed by atoms with Crippen LogP contribution in [0.15, 0.2) is 79.1 Å². The molecule has 120 valence electrons. The molecule has 3 nitrogen and oxygen atoms in total. The Morgan fingerprint density at radius 1 is 0.875 bits per heavy atom. The Labute approximate surface area is 146 Å². The van der Waals surface area contributed by atoms with Gasteiger partial charge in [-0.1, -0.05) is 48.0 Å². The number of amides is 1. The van der Waals surface area contributed by atoms with Crippen LogP contribution in [-0.2, 0) is 13.1 Å². The fourth-order valence-corrected chi connectivity index (χ4v) is 2.62. The van der Waals surface area contributed by atoms with E-state index in [1.54, 1.807) is 36.7 Å². The molecule has 2 aromatic carbocycles. The number of hydrogen-bond acceptors (Lipinski definition) is 2. The molecule has 0 atom stereocenters. The first-order valence-corrected chi connectivity index (χ1v) is 8.08. The predicted molar refractivity (Wildman–Crippen MR) is 95.7 cm³/mol. The van der Waals surface area contributed by atoms with Crippen LogP contribution in [0.5, 0.6) is 0 Å². The number of halogens is 1. The third kappa shape index (κ3) is 4.21. The van der Waals surface area contributed by atoms with Gasteiger partial charge in [-0.05, 0) is 41.5 Å². The van der Waals surface area contributed by atoms with Crippen LogP contribution in [0, 0.1) is 0 Å². The standard InChI is InChI=1S/C20H17ClN2O/c21-19-10-8-18(9-11-19)20(24)23(14-16-5-2-1-3-6-16)15-17-7-4-12-22-13-17/h1-13H,14-15H2. The molecule has 0 fully saturated rings. The lowest BCUT2D eigenvalue weighted by molar-refractivity contribution is 0.0730. The highest BCUT2D eigenvalue weighted by Crippen LogP contribution is 2.16. The van der Waals surface area contributed by atoms with Crippen molar-refractivity contribution in [2.45, 2.75) is 13.1 Å². The SMILES string of the molecule is O=C(c1ccc(Cl)cc1)N(Cc1ccccc1)Cc1cccnc1. The molecule has 3 aromatic rings. The molecule has 24 heavy (non-hydrogen) atoms. The van der Waals surface area contributed by atoms with Crippen molar-refractivity contribution in [3.05, 3.63) is 101 Å². The summed E-state index contributed by atoms with van der Waals surface area (Å²) in [6.45, 7) is 1.04. The summed E-state index contributed by atoms with van der Waals surface area (Å²) < 4.78 is 0. The van der Waals surface area contributed by atoms with E-state index >= 15 is 0 Å². The van der Waals surface area contributed by atoms with E-state index in [9.17, 15) is 4.79 Å². The van der Waals surface area contributed by atoms with Crippen molar-refractivity contribution in [2.75, 3.05) is 0 Å². The molecule has 1 heterocycles. The summed E-state index contributed by atoms with van der Waals surface area (Å²) in [6, 6.07) is 20.8. The minimum Gasteiger partial charge on any atom is -0.330 e. The van der Waals surface area contributed by atoms with Crippen LogP contribution in [0.4, 0.5) is 0 Å². The molecular formula is C20H17ClN2O. The van der Waals surface area contributed by atoms with E-state index in [1.807, 2.05) is 47.4 Å². The van der Waals surface area contributed by atoms with Crippen molar-refractivity contribution in [3.63, 3.8) is 0 Å². The third-order valence-corrected chi connectivity index (χ3v) is 3.94. The fourth-order valence-electron chi connectivity index (χ4n) is 2.49. The molecule has 0 saturated carbocycles. The second-order valence-electron chi connectivity index (χ2n) is 5.51. The smallest absolute Gasteiger partial charge is 0.254 e. The van der Waals surface area contributed by atoms with Gasteiger partial charge in [0.25, 0.3) is 5.91 Å². The van der Waals surface area contributed by atoms with Gasteiger partial charge >= 0.3 is 0 Å². The number of pyridine rings is 1. The van der Waals surface area contributed by atoms with Gasteiger partial charge in [0.05, 0.1) is 0 Å². The Morgan fingerprint density at radius 3 is 2.21 bits per heavy atom. The average Bonchev–Trinajstić information content (AvgIpc) is 2.63. The summed E-state index contributed by atoms with van der Waals surface area (Å²) >= 11 is 5.92. The topological polar surface area (TPSA) is 33.2 Å². The molecule has 0 radical (unpaired) electrons. The second kappa shape index (κ2) is 7.75. The number of nitrogens with zero attached hydrogens (tertiary/aromatic N) is 2. The van der Waals surface area contributed by atoms with Gasteiger partial charge in [0.2, 0.25) is 0 Å². The van der Waals surface area contributed by atoms with Crippen molar-refractivity contribution in [1.82, 2.24) is 9.88 Å². The van der Waals surface area contributed by atoms with Crippen molar-refractivity contribution >= 4 is 17.5 Å². The Hall–Kier alpha value is -2.65. The lowest BCUT2D eigenvalue weighted by Gasteiger charge is -2.23. The van der Waals surface area contributed by atoms with E-state index in [4.69, 9.17) is 11.6 Å². The number of hydrogen-bond donors (Lipinski definition) is 0. The van der Waals surface area contributed by atoms with Crippen LogP contribution >= 0.6 is 11.6 Å². The molecule has 0 saturated heterocycles. The first kappa shape index (κ1) is 16.2. The first-order chi connectivity index (χ1) is 11.7. The summed E-state index contributed by atoms with van der Waals surface area (Å²) in [5, 5.41) is 0.619. The lowest BCUT2D eigenvalue weighted by Crippen LogP contribution is -2.30. The lowest BCUT2D eigenvalue weighted by atomic mass is 10.1. The number of aromatic nitrogens is 1. The minimum atomic E-state index is -0.0284. The second-order valence-corrected chi connectivity index (χ2v) is 5.95. The van der Waals surface area contributed by atoms with E-state index in [1.165, 1.54) is 0 Å². The quantitative estimate of drug-likeness (QED) is 0.683. The van der Waals surface area contributed by atoms with Crippen molar-refractivity contribution in [1.29, 1.82) is 0 Å². The molecule has 0 aliphatic rings. The molecular weight excluding hydrogens is 320 g/mol. The van der Waals surface area contributed by atoms with Crippen LogP contribution in [-0.4, -0.2) is 15.8 Å². The van der Waals surface area contributed by atoms with E-state index in [0.29, 0.717) is 23.7 Å². The molecule has 0 aliphatic carbocycles. The van der Waals surface area contributed by atoms with E-state index in [0.717, 1.165) is 11.1 Å². The molecule has 0 unspecified atom stereocenters. The summed E-state index contributed by atoms with van der Waals surface area (Å²) in [7, 11) is 0. The normalized spacial score (nSPS) is 10.4. The highest BCUT2D eigenvalue weighted by molar-refractivity contribution is 6.30. The van der Waals surface area contributed by atoms with E-state index in [-0.39, 0.29) is 5.91 Å². The zero-order valence-corrected chi connectivity index (χ0v) is 13.9. The maximum atomic E-state index is 12.9. The van der Waals surface area contributed by atoms with Gasteiger partial charge < -0.3 is 4.90 Å². The van der Waals surface area contributed by atoms with Gasteiger partial charge in [-0.2, -0.15) is 0 Å². The van der Waals surface area contributed by atoms with Crippen LogP contribution in [0.3, 0.4) is 0 Å². The van der Waals surface area contributed by atoms with Crippen molar-refractivity contribution in [2.24, 2.45) is 0 Å². The van der Waals surface area contributed by atoms with Crippen LogP contribution in [0.1, 0.15) is 21.5 Å². The zero-order valence-electron chi connectivity index (χ0n) is 13.1. The van der Waals surface area contributed by atoms with Crippen LogP contribution in [0.25, 0.3) is 0 Å². The van der Waals surface area contributed by atoms with Crippen molar-refractivity contribution in [3.8, 4) is 0 Å². The highest BCUT2D eigenvalue weighted by Gasteiger charge is 2.16.